The maximum atomic E-state index is 5.71. The van der Waals surface area contributed by atoms with E-state index in [9.17, 15) is 0 Å². The van der Waals surface area contributed by atoms with Crippen LogP contribution in [-0.4, -0.2) is 9.55 Å². The third-order valence-electron chi connectivity index (χ3n) is 1.36. The average Bonchev–Trinajstić information content (AvgIpc) is 2.37. The number of rotatable bonds is 2. The van der Waals surface area contributed by atoms with Gasteiger partial charge in [-0.3, -0.25) is 0 Å². The highest BCUT2D eigenvalue weighted by Crippen LogP contribution is 2.08. The van der Waals surface area contributed by atoms with Gasteiger partial charge < -0.3 is 4.57 Å². The summed E-state index contributed by atoms with van der Waals surface area (Å²) in [5.41, 5.74) is 1.36. The van der Waals surface area contributed by atoms with E-state index in [4.69, 9.17) is 23.2 Å². The Kier molecular flexibility index (Phi) is 2.97. The van der Waals surface area contributed by atoms with Gasteiger partial charge in [-0.15, -0.1) is 0 Å². The molecule has 0 aliphatic heterocycles. The Morgan fingerprint density at radius 3 is 3.00 bits per heavy atom. The van der Waals surface area contributed by atoms with Crippen LogP contribution in [0.2, 0.25) is 0 Å². The van der Waals surface area contributed by atoms with Crippen LogP contribution < -0.4 is 0 Å². The number of nitrogens with zero attached hydrogens (tertiary/aromatic N) is 2. The molecule has 2 nitrogen and oxygen atoms in total. The van der Waals surface area contributed by atoms with Crippen LogP contribution in [0.3, 0.4) is 0 Å². The molecule has 0 bridgehead atoms. The molecule has 0 spiro atoms. The van der Waals surface area contributed by atoms with E-state index < -0.39 is 0 Å². The molecule has 60 valence electrons. The van der Waals surface area contributed by atoms with Gasteiger partial charge in [-0.1, -0.05) is 23.2 Å². The van der Waals surface area contributed by atoms with Crippen LogP contribution in [-0.2, 0) is 6.54 Å². The normalized spacial score (nSPS) is 12.1. The summed E-state index contributed by atoms with van der Waals surface area (Å²) >= 11 is 11.1. The minimum atomic E-state index is 0.594. The second kappa shape index (κ2) is 3.79. The van der Waals surface area contributed by atoms with Gasteiger partial charge in [0.05, 0.1) is 6.54 Å². The molecule has 0 atom stereocenters. The van der Waals surface area contributed by atoms with E-state index in [2.05, 4.69) is 4.98 Å². The van der Waals surface area contributed by atoms with Crippen molar-refractivity contribution >= 4 is 23.2 Å². The third kappa shape index (κ3) is 2.24. The van der Waals surface area contributed by atoms with Crippen molar-refractivity contribution in [2.75, 3.05) is 0 Å². The molecule has 1 aromatic heterocycles. The maximum Gasteiger partial charge on any atom is 0.105 e. The lowest BCUT2D eigenvalue weighted by molar-refractivity contribution is 0.772. The molecule has 0 saturated heterocycles. The lowest BCUT2D eigenvalue weighted by Gasteiger charge is -2.01. The van der Waals surface area contributed by atoms with Crippen molar-refractivity contribution in [3.8, 4) is 0 Å². The fourth-order valence-electron chi connectivity index (χ4n) is 0.768. The Morgan fingerprint density at radius 2 is 2.55 bits per heavy atom. The lowest BCUT2D eigenvalue weighted by atomic mass is 10.5. The average molecular weight is 191 g/mol. The molecule has 0 radical (unpaired) electrons. The molecule has 0 unspecified atom stereocenters. The molecule has 0 saturated carbocycles. The number of halogens is 2. The number of aryl methyl sites for hydroxylation is 1. The first kappa shape index (κ1) is 8.62. The molecular weight excluding hydrogens is 183 g/mol. The predicted octanol–water partition coefficient (Wildman–Crippen LogP) is 2.51. The van der Waals surface area contributed by atoms with Crippen molar-refractivity contribution in [3.63, 3.8) is 0 Å². The summed E-state index contributed by atoms with van der Waals surface area (Å²) in [6.07, 6.45) is 3.59. The molecule has 1 rings (SSSR count). The summed E-state index contributed by atoms with van der Waals surface area (Å²) in [5, 5.41) is 0.604. The molecule has 0 aromatic carbocycles. The van der Waals surface area contributed by atoms with E-state index >= 15 is 0 Å². The summed E-state index contributed by atoms with van der Waals surface area (Å²) in [7, 11) is 0. The Bertz CT molecular complexity index is 265. The first-order chi connectivity index (χ1) is 5.24. The Hall–Kier alpha value is -0.470. The van der Waals surface area contributed by atoms with Gasteiger partial charge in [0.15, 0.2) is 0 Å². The Morgan fingerprint density at radius 1 is 1.82 bits per heavy atom. The van der Waals surface area contributed by atoms with Crippen molar-refractivity contribution in [1.29, 1.82) is 0 Å². The van der Waals surface area contributed by atoms with Gasteiger partial charge >= 0.3 is 0 Å². The molecule has 0 amide bonds. The van der Waals surface area contributed by atoms with Gasteiger partial charge in [0.2, 0.25) is 0 Å². The van der Waals surface area contributed by atoms with E-state index in [0.29, 0.717) is 11.6 Å². The van der Waals surface area contributed by atoms with Crippen LogP contribution in [0.4, 0.5) is 0 Å². The van der Waals surface area contributed by atoms with E-state index in [1.807, 2.05) is 17.7 Å². The van der Waals surface area contributed by atoms with E-state index in [0.717, 1.165) is 5.82 Å². The second-order valence-corrected chi connectivity index (χ2v) is 2.86. The van der Waals surface area contributed by atoms with Gasteiger partial charge in [-0.25, -0.2) is 4.98 Å². The number of hydrogen-bond acceptors (Lipinski definition) is 1. The molecule has 1 heterocycles. The van der Waals surface area contributed by atoms with Crippen molar-refractivity contribution in [2.24, 2.45) is 0 Å². The molecule has 0 fully saturated rings. The highest BCUT2D eigenvalue weighted by Gasteiger charge is 1.97. The summed E-state index contributed by atoms with van der Waals surface area (Å²) in [6.45, 7) is 2.51. The SMILES string of the molecule is Cc1nccn1CC(Cl)=CCl. The molecule has 0 aliphatic carbocycles. The van der Waals surface area contributed by atoms with Crippen LogP contribution >= 0.6 is 23.2 Å². The lowest BCUT2D eigenvalue weighted by Crippen LogP contribution is -1.98. The standard InChI is InChI=1S/C7H8Cl2N2/c1-6-10-2-3-11(6)5-7(9)4-8/h2-4H,5H2,1H3. The minimum absolute atomic E-state index is 0.594. The number of allylic oxidation sites excluding steroid dienone is 1. The molecule has 4 heteroatoms. The van der Waals surface area contributed by atoms with Gasteiger partial charge in [0.25, 0.3) is 0 Å². The maximum absolute atomic E-state index is 5.71. The van der Waals surface area contributed by atoms with Crippen LogP contribution in [0.5, 0.6) is 0 Å². The fourth-order valence-corrected chi connectivity index (χ4v) is 0.966. The zero-order valence-corrected chi connectivity index (χ0v) is 7.60. The predicted molar refractivity (Wildman–Crippen MR) is 46.8 cm³/mol. The van der Waals surface area contributed by atoms with Crippen LogP contribution in [0.1, 0.15) is 5.82 Å². The molecule has 0 aliphatic rings. The monoisotopic (exact) mass is 190 g/mol. The molecule has 11 heavy (non-hydrogen) atoms. The largest absolute Gasteiger partial charge is 0.330 e. The van der Waals surface area contributed by atoms with Crippen molar-refractivity contribution in [2.45, 2.75) is 13.5 Å². The second-order valence-electron chi connectivity index (χ2n) is 2.16. The summed E-state index contributed by atoms with van der Waals surface area (Å²) in [4.78, 5) is 4.04. The van der Waals surface area contributed by atoms with Gasteiger partial charge in [-0.05, 0) is 6.92 Å². The van der Waals surface area contributed by atoms with Crippen LogP contribution in [0.25, 0.3) is 0 Å². The smallest absolute Gasteiger partial charge is 0.105 e. The zero-order chi connectivity index (χ0) is 8.27. The third-order valence-corrected chi connectivity index (χ3v) is 1.97. The van der Waals surface area contributed by atoms with E-state index in [-0.39, 0.29) is 0 Å². The number of imidazole rings is 1. The van der Waals surface area contributed by atoms with Gasteiger partial charge in [0.1, 0.15) is 5.82 Å². The van der Waals surface area contributed by atoms with E-state index in [1.165, 1.54) is 5.54 Å². The zero-order valence-electron chi connectivity index (χ0n) is 6.09. The quantitative estimate of drug-likeness (QED) is 0.702. The highest BCUT2D eigenvalue weighted by molar-refractivity contribution is 6.36. The molecule has 1 aromatic rings. The number of aromatic nitrogens is 2. The number of hydrogen-bond donors (Lipinski definition) is 0. The Balaban J connectivity index is 2.72. The van der Waals surface area contributed by atoms with Gasteiger partial charge in [0, 0.05) is 23.0 Å². The highest BCUT2D eigenvalue weighted by atomic mass is 35.5. The summed E-state index contributed by atoms with van der Waals surface area (Å²) in [6, 6.07) is 0. The first-order valence-corrected chi connectivity index (χ1v) is 3.98. The minimum Gasteiger partial charge on any atom is -0.330 e. The van der Waals surface area contributed by atoms with Crippen molar-refractivity contribution < 1.29 is 0 Å². The van der Waals surface area contributed by atoms with Crippen molar-refractivity contribution in [1.82, 2.24) is 9.55 Å². The van der Waals surface area contributed by atoms with E-state index in [1.54, 1.807) is 6.20 Å². The van der Waals surface area contributed by atoms with Gasteiger partial charge in [-0.2, -0.15) is 0 Å². The topological polar surface area (TPSA) is 17.8 Å². The van der Waals surface area contributed by atoms with Crippen LogP contribution in [0, 0.1) is 6.92 Å². The fraction of sp³-hybridized carbons (Fsp3) is 0.286. The first-order valence-electron chi connectivity index (χ1n) is 3.16. The molecular formula is C7H8Cl2N2. The molecule has 0 N–H and O–H groups in total. The van der Waals surface area contributed by atoms with Crippen LogP contribution in [0.15, 0.2) is 23.0 Å². The summed E-state index contributed by atoms with van der Waals surface area (Å²) < 4.78 is 1.92. The summed E-state index contributed by atoms with van der Waals surface area (Å²) in [5.74, 6) is 0.932. The Labute approximate surface area is 75.4 Å². The van der Waals surface area contributed by atoms with Crippen molar-refractivity contribution in [3.05, 3.63) is 28.8 Å².